The van der Waals surface area contributed by atoms with E-state index in [9.17, 15) is 13.6 Å². The molecule has 0 radical (unpaired) electrons. The van der Waals surface area contributed by atoms with E-state index >= 15 is 0 Å². The Morgan fingerprint density at radius 1 is 0.969 bits per heavy atom. The number of amides is 1. The first-order valence-electron chi connectivity index (χ1n) is 10.7. The minimum atomic E-state index is -0.336. The lowest BCUT2D eigenvalue weighted by Crippen LogP contribution is -2.32. The van der Waals surface area contributed by atoms with E-state index < -0.39 is 0 Å². The topological polar surface area (TPSA) is 45.6 Å². The highest BCUT2D eigenvalue weighted by Gasteiger charge is 2.44. The van der Waals surface area contributed by atoms with Crippen LogP contribution in [0.4, 0.5) is 8.78 Å². The lowest BCUT2D eigenvalue weighted by Gasteiger charge is -2.29. The van der Waals surface area contributed by atoms with E-state index in [4.69, 9.17) is 5.10 Å². The van der Waals surface area contributed by atoms with E-state index in [0.29, 0.717) is 5.69 Å². The first-order valence-corrected chi connectivity index (χ1v) is 10.7. The predicted molar refractivity (Wildman–Crippen MR) is 119 cm³/mol. The fourth-order valence-corrected chi connectivity index (χ4v) is 4.53. The van der Waals surface area contributed by atoms with Crippen LogP contribution in [0.25, 0.3) is 6.08 Å². The highest BCUT2D eigenvalue weighted by Crippen LogP contribution is 2.44. The summed E-state index contributed by atoms with van der Waals surface area (Å²) in [5.41, 5.74) is 3.93. The van der Waals surface area contributed by atoms with Gasteiger partial charge < -0.3 is 0 Å². The maximum absolute atomic E-state index is 13.6. The molecule has 2 aliphatic rings. The van der Waals surface area contributed by atoms with Crippen LogP contribution in [-0.2, 0) is 0 Å². The molecule has 1 amide bonds. The van der Waals surface area contributed by atoms with Crippen LogP contribution in [0.1, 0.15) is 46.9 Å². The predicted octanol–water partition coefficient (Wildman–Crippen LogP) is 5.80. The van der Waals surface area contributed by atoms with Crippen LogP contribution >= 0.6 is 0 Å². The zero-order valence-corrected chi connectivity index (χ0v) is 17.3. The van der Waals surface area contributed by atoms with Gasteiger partial charge in [0.25, 0.3) is 5.91 Å². The van der Waals surface area contributed by atoms with Crippen molar-refractivity contribution < 1.29 is 13.6 Å². The van der Waals surface area contributed by atoms with Crippen molar-refractivity contribution in [2.24, 2.45) is 11.0 Å². The van der Waals surface area contributed by atoms with Crippen LogP contribution < -0.4 is 0 Å². The van der Waals surface area contributed by atoms with Crippen molar-refractivity contribution in [3.05, 3.63) is 107 Å². The molecule has 4 nitrogen and oxygen atoms in total. The fourth-order valence-electron chi connectivity index (χ4n) is 4.53. The average Bonchev–Trinajstić information content (AvgIpc) is 3.22. The van der Waals surface area contributed by atoms with Crippen molar-refractivity contribution in [2.75, 3.05) is 0 Å². The molecule has 1 aliphatic heterocycles. The van der Waals surface area contributed by atoms with Gasteiger partial charge in [-0.05, 0) is 78.4 Å². The van der Waals surface area contributed by atoms with Crippen LogP contribution in [0.3, 0.4) is 0 Å². The lowest BCUT2D eigenvalue weighted by molar-refractivity contribution is 0.0674. The Hall–Kier alpha value is -3.67. The van der Waals surface area contributed by atoms with E-state index in [1.54, 1.807) is 48.7 Å². The number of pyridine rings is 1. The van der Waals surface area contributed by atoms with Gasteiger partial charge in [-0.1, -0.05) is 30.3 Å². The lowest BCUT2D eigenvalue weighted by atomic mass is 9.77. The molecule has 32 heavy (non-hydrogen) atoms. The Morgan fingerprint density at radius 3 is 2.38 bits per heavy atom. The SMILES string of the molecule is O=C(c1ccccn1)N1N=C2/C(=C/c3ccc(F)cc3)CCC[C@@H]2[C@H]1c1ccc(F)cc1. The van der Waals surface area contributed by atoms with Crippen molar-refractivity contribution in [2.45, 2.75) is 25.3 Å². The third-order valence-corrected chi connectivity index (χ3v) is 6.02. The number of benzene rings is 2. The number of carbonyl (C=O) groups is 1. The quantitative estimate of drug-likeness (QED) is 0.529. The summed E-state index contributed by atoms with van der Waals surface area (Å²) in [6.07, 6.45) is 6.24. The first-order chi connectivity index (χ1) is 15.6. The van der Waals surface area contributed by atoms with Crippen LogP contribution in [0.5, 0.6) is 0 Å². The van der Waals surface area contributed by atoms with E-state index in [0.717, 1.165) is 41.7 Å². The second kappa shape index (κ2) is 8.46. The maximum atomic E-state index is 13.6. The molecular weight excluding hydrogens is 408 g/mol. The molecule has 2 atom stereocenters. The van der Waals surface area contributed by atoms with Crippen LogP contribution in [0.2, 0.25) is 0 Å². The molecule has 1 aliphatic carbocycles. The van der Waals surface area contributed by atoms with Crippen molar-refractivity contribution in [1.82, 2.24) is 9.99 Å². The molecule has 0 unspecified atom stereocenters. The van der Waals surface area contributed by atoms with Gasteiger partial charge >= 0.3 is 0 Å². The summed E-state index contributed by atoms with van der Waals surface area (Å²) in [5, 5.41) is 6.29. The second-order valence-electron chi connectivity index (χ2n) is 8.07. The molecule has 0 spiro atoms. The van der Waals surface area contributed by atoms with Gasteiger partial charge in [0.2, 0.25) is 0 Å². The molecule has 5 rings (SSSR count). The molecule has 0 N–H and O–H groups in total. The van der Waals surface area contributed by atoms with Gasteiger partial charge in [0.1, 0.15) is 17.3 Å². The normalized spacial score (nSPS) is 21.4. The average molecular weight is 429 g/mol. The van der Waals surface area contributed by atoms with E-state index in [1.807, 2.05) is 6.08 Å². The van der Waals surface area contributed by atoms with E-state index in [2.05, 4.69) is 4.98 Å². The van der Waals surface area contributed by atoms with Gasteiger partial charge in [0, 0.05) is 12.1 Å². The fraction of sp³-hybridized carbons (Fsp3) is 0.192. The number of halogens is 2. The highest BCUT2D eigenvalue weighted by atomic mass is 19.1. The summed E-state index contributed by atoms with van der Waals surface area (Å²) in [4.78, 5) is 17.6. The largest absolute Gasteiger partial charge is 0.293 e. The van der Waals surface area contributed by atoms with E-state index in [-0.39, 0.29) is 29.5 Å². The number of carbonyl (C=O) groups excluding carboxylic acids is 1. The highest BCUT2D eigenvalue weighted by molar-refractivity contribution is 6.09. The number of hydrazone groups is 1. The molecule has 6 heteroatoms. The smallest absolute Gasteiger partial charge is 0.265 e. The number of hydrogen-bond acceptors (Lipinski definition) is 3. The van der Waals surface area contributed by atoms with Crippen LogP contribution in [0, 0.1) is 17.6 Å². The summed E-state index contributed by atoms with van der Waals surface area (Å²) in [5.74, 6) is -0.900. The van der Waals surface area contributed by atoms with Crippen LogP contribution in [0.15, 0.2) is 83.6 Å². The van der Waals surface area contributed by atoms with Crippen molar-refractivity contribution in [3.63, 3.8) is 0 Å². The summed E-state index contributed by atoms with van der Waals surface area (Å²) in [6, 6.07) is 17.4. The molecule has 2 aromatic carbocycles. The monoisotopic (exact) mass is 429 g/mol. The van der Waals surface area contributed by atoms with Crippen molar-refractivity contribution in [3.8, 4) is 0 Å². The molecule has 160 valence electrons. The molecule has 1 aromatic heterocycles. The Balaban J connectivity index is 1.57. The third-order valence-electron chi connectivity index (χ3n) is 6.02. The Labute approximate surface area is 184 Å². The standard InChI is InChI=1S/C26H21F2N3O/c27-20-11-7-17(8-12-20)16-19-4-3-5-22-24(19)30-31(26(32)23-6-1-2-15-29-23)25(22)18-9-13-21(28)14-10-18/h1-2,6-16,22,25H,3-5H2/b19-16+/t22-,25+/m0/s1. The number of allylic oxidation sites excluding steroid dienone is 1. The Morgan fingerprint density at radius 2 is 1.69 bits per heavy atom. The molecular formula is C26H21F2N3O. The number of fused-ring (bicyclic) bond motifs is 1. The minimum Gasteiger partial charge on any atom is -0.265 e. The molecule has 3 aromatic rings. The summed E-state index contributed by atoms with van der Waals surface area (Å²) in [7, 11) is 0. The zero-order valence-electron chi connectivity index (χ0n) is 17.3. The Bertz CT molecular complexity index is 1190. The van der Waals surface area contributed by atoms with Crippen molar-refractivity contribution in [1.29, 1.82) is 0 Å². The molecule has 0 saturated heterocycles. The first kappa shape index (κ1) is 20.2. The second-order valence-corrected chi connectivity index (χ2v) is 8.07. The number of nitrogens with zero attached hydrogens (tertiary/aromatic N) is 3. The van der Waals surface area contributed by atoms with Gasteiger partial charge in [-0.25, -0.2) is 13.8 Å². The molecule has 2 heterocycles. The van der Waals surface area contributed by atoms with Gasteiger partial charge in [-0.15, -0.1) is 0 Å². The van der Waals surface area contributed by atoms with Gasteiger partial charge in [-0.2, -0.15) is 5.10 Å². The van der Waals surface area contributed by atoms with Gasteiger partial charge in [-0.3, -0.25) is 9.78 Å². The Kier molecular flexibility index (Phi) is 5.35. The van der Waals surface area contributed by atoms with Gasteiger partial charge in [0.15, 0.2) is 0 Å². The number of rotatable bonds is 3. The molecule has 0 bridgehead atoms. The molecule has 1 fully saturated rings. The summed E-state index contributed by atoms with van der Waals surface area (Å²) >= 11 is 0. The summed E-state index contributed by atoms with van der Waals surface area (Å²) in [6.45, 7) is 0. The number of hydrogen-bond donors (Lipinski definition) is 0. The van der Waals surface area contributed by atoms with Crippen LogP contribution in [-0.4, -0.2) is 21.6 Å². The summed E-state index contributed by atoms with van der Waals surface area (Å²) < 4.78 is 26.9. The van der Waals surface area contributed by atoms with E-state index in [1.165, 1.54) is 29.3 Å². The van der Waals surface area contributed by atoms with Gasteiger partial charge in [0.05, 0.1) is 11.8 Å². The van der Waals surface area contributed by atoms with Crippen molar-refractivity contribution >= 4 is 17.7 Å². The number of aromatic nitrogens is 1. The third kappa shape index (κ3) is 3.84. The zero-order chi connectivity index (χ0) is 22.1. The maximum Gasteiger partial charge on any atom is 0.293 e. The molecule has 1 saturated carbocycles. The minimum absolute atomic E-state index is 0.00595.